The summed E-state index contributed by atoms with van der Waals surface area (Å²) in [5.74, 6) is -8.16. The Labute approximate surface area is 276 Å². The average molecular weight is 763 g/mol. The molecule has 4 rings (SSSR count). The van der Waals surface area contributed by atoms with Gasteiger partial charge in [-0.2, -0.15) is 43.5 Å². The molecule has 0 unspecified atom stereocenters. The Morgan fingerprint density at radius 2 is 1.14 bits per heavy atom. The zero-order valence-electron chi connectivity index (χ0n) is 24.9. The third-order valence-electron chi connectivity index (χ3n) is 6.92. The molecule has 0 aliphatic heterocycles. The maximum Gasteiger partial charge on any atom is 0.460 e. The van der Waals surface area contributed by atoms with Crippen LogP contribution in [-0.4, -0.2) is 46.0 Å². The first-order valence-corrected chi connectivity index (χ1v) is 16.2. The van der Waals surface area contributed by atoms with Crippen LogP contribution in [0.15, 0.2) is 88.7 Å². The average Bonchev–Trinajstić information content (AvgIpc) is 3.01. The Hall–Kier alpha value is -4.40. The van der Waals surface area contributed by atoms with Gasteiger partial charge in [-0.3, -0.25) is 4.55 Å². The van der Waals surface area contributed by atoms with Gasteiger partial charge in [-0.15, -0.1) is 0 Å². The topological polar surface area (TPSA) is 116 Å². The van der Waals surface area contributed by atoms with E-state index < -0.39 is 75.9 Å². The van der Waals surface area contributed by atoms with Crippen molar-refractivity contribution in [1.82, 2.24) is 0 Å². The maximum atomic E-state index is 14.9. The summed E-state index contributed by atoms with van der Waals surface area (Å²) < 4.78 is 210. The molecular formula is C30H20F10O8S2. The third-order valence-corrected chi connectivity index (χ3v) is 9.57. The van der Waals surface area contributed by atoms with Gasteiger partial charge in [-0.25, -0.2) is 21.9 Å². The highest BCUT2D eigenvalue weighted by atomic mass is 32.2. The molecule has 4 aromatic rings. The molecule has 0 bridgehead atoms. The molecule has 0 amide bonds. The molecule has 0 heterocycles. The fourth-order valence-electron chi connectivity index (χ4n) is 4.26. The highest BCUT2D eigenvalue weighted by Crippen LogP contribution is 2.51. The highest BCUT2D eigenvalue weighted by Gasteiger charge is 2.74. The molecule has 0 saturated carbocycles. The van der Waals surface area contributed by atoms with Gasteiger partial charge in [0.2, 0.25) is 9.84 Å². The number of halogens is 10. The van der Waals surface area contributed by atoms with Gasteiger partial charge in [-0.1, -0.05) is 18.2 Å². The minimum absolute atomic E-state index is 0.0370. The number of aryl methyl sites for hydroxylation is 1. The van der Waals surface area contributed by atoms with E-state index in [0.717, 1.165) is 36.4 Å². The van der Waals surface area contributed by atoms with Gasteiger partial charge in [0.1, 0.15) is 5.75 Å². The van der Waals surface area contributed by atoms with E-state index in [4.69, 9.17) is 14.0 Å². The normalized spacial score (nSPS) is 13.3. The van der Waals surface area contributed by atoms with E-state index >= 15 is 0 Å². The quantitative estimate of drug-likeness (QED) is 0.113. The number of hydrogen-bond donors (Lipinski definition) is 1. The number of ether oxygens (including phenoxy) is 3. The molecule has 0 radical (unpaired) electrons. The summed E-state index contributed by atoms with van der Waals surface area (Å²) in [7, 11) is -10.8. The van der Waals surface area contributed by atoms with E-state index in [2.05, 4.69) is 4.74 Å². The summed E-state index contributed by atoms with van der Waals surface area (Å²) in [5.41, 5.74) is -2.30. The van der Waals surface area contributed by atoms with Crippen LogP contribution in [0.1, 0.15) is 11.1 Å². The zero-order chi connectivity index (χ0) is 37.7. The van der Waals surface area contributed by atoms with Crippen molar-refractivity contribution in [2.45, 2.75) is 40.1 Å². The van der Waals surface area contributed by atoms with Crippen LogP contribution in [0, 0.1) is 18.6 Å². The number of rotatable bonds is 12. The van der Waals surface area contributed by atoms with E-state index in [0.29, 0.717) is 24.6 Å². The molecule has 0 atom stereocenters. The summed E-state index contributed by atoms with van der Waals surface area (Å²) in [4.78, 5) is -1.78. The molecule has 20 heteroatoms. The van der Waals surface area contributed by atoms with Crippen LogP contribution >= 0.6 is 0 Å². The fourth-order valence-corrected chi connectivity index (χ4v) is 5.89. The molecular weight excluding hydrogens is 742 g/mol. The van der Waals surface area contributed by atoms with Crippen molar-refractivity contribution in [1.29, 1.82) is 0 Å². The Balaban J connectivity index is 1.59. The van der Waals surface area contributed by atoms with Crippen molar-refractivity contribution in [2.24, 2.45) is 0 Å². The number of methoxy groups -OCH3 is 1. The smallest absolute Gasteiger partial charge is 0.460 e. The summed E-state index contributed by atoms with van der Waals surface area (Å²) >= 11 is 0. The zero-order valence-corrected chi connectivity index (χ0v) is 26.5. The maximum absolute atomic E-state index is 14.9. The number of benzene rings is 4. The lowest BCUT2D eigenvalue weighted by Gasteiger charge is -2.32. The lowest BCUT2D eigenvalue weighted by atomic mass is 10.0. The Kier molecular flexibility index (Phi) is 10.0. The van der Waals surface area contributed by atoms with Gasteiger partial charge in [0.05, 0.1) is 16.9 Å². The lowest BCUT2D eigenvalue weighted by Crippen LogP contribution is -2.55. The van der Waals surface area contributed by atoms with Crippen LogP contribution in [-0.2, 0) is 30.6 Å². The Morgan fingerprint density at radius 3 is 1.62 bits per heavy atom. The third kappa shape index (κ3) is 7.10. The predicted molar refractivity (Wildman–Crippen MR) is 153 cm³/mol. The van der Waals surface area contributed by atoms with Crippen molar-refractivity contribution in [2.75, 3.05) is 7.11 Å². The molecule has 4 aromatic carbocycles. The van der Waals surface area contributed by atoms with Gasteiger partial charge in [0, 0.05) is 5.56 Å². The summed E-state index contributed by atoms with van der Waals surface area (Å²) in [6.07, 6.45) is -13.5. The van der Waals surface area contributed by atoms with Gasteiger partial charge < -0.3 is 9.47 Å². The largest absolute Gasteiger partial charge is 0.494 e. The standard InChI is InChI=1S/C30H20F10O8S2/c1-16-3-8-21(15-22(16)27(33,34)28(35,36)48-29(37,38)30(39,40)50(43,44)45)49(41,42)20-9-6-19(7-10-20)47-26-12-5-18(14-24(26)32)17-4-11-25(46-2)23(31)13-17/h3-15H,1-2H3,(H,43,44,45). The first kappa shape index (κ1) is 38.4. The molecule has 0 aliphatic carbocycles. The molecule has 0 aromatic heterocycles. The van der Waals surface area contributed by atoms with Crippen LogP contribution in [0.3, 0.4) is 0 Å². The molecule has 50 heavy (non-hydrogen) atoms. The van der Waals surface area contributed by atoms with Gasteiger partial charge in [0.15, 0.2) is 23.1 Å². The molecule has 270 valence electrons. The fraction of sp³-hybridized carbons (Fsp3) is 0.200. The molecule has 0 saturated heterocycles. The summed E-state index contributed by atoms with van der Waals surface area (Å²) in [6.45, 7) is 0.702. The van der Waals surface area contributed by atoms with Crippen LogP contribution < -0.4 is 9.47 Å². The van der Waals surface area contributed by atoms with Crippen LogP contribution in [0.5, 0.6) is 17.2 Å². The number of alkyl halides is 8. The Morgan fingerprint density at radius 1 is 0.640 bits per heavy atom. The molecule has 0 aliphatic rings. The second kappa shape index (κ2) is 13.1. The molecule has 0 spiro atoms. The SMILES string of the molecule is COc1ccc(-c2ccc(Oc3ccc(S(=O)(=O)c4ccc(C)c(C(F)(F)C(F)(F)OC(F)(F)C(F)(F)S(=O)(=O)O)c4)cc3)c(F)c2)cc1F. The van der Waals surface area contributed by atoms with Crippen LogP contribution in [0.2, 0.25) is 0 Å². The predicted octanol–water partition coefficient (Wildman–Crippen LogP) is 8.35. The second-order valence-corrected chi connectivity index (χ2v) is 13.7. The van der Waals surface area contributed by atoms with Crippen LogP contribution in [0.25, 0.3) is 11.1 Å². The van der Waals surface area contributed by atoms with Gasteiger partial charge in [-0.05, 0) is 84.3 Å². The van der Waals surface area contributed by atoms with E-state index in [1.54, 1.807) is 0 Å². The van der Waals surface area contributed by atoms with E-state index in [9.17, 15) is 60.7 Å². The van der Waals surface area contributed by atoms with Crippen LogP contribution in [0.4, 0.5) is 43.9 Å². The first-order chi connectivity index (χ1) is 22.9. The highest BCUT2D eigenvalue weighted by molar-refractivity contribution is 7.91. The van der Waals surface area contributed by atoms with Crippen molar-refractivity contribution < 1.29 is 79.5 Å². The number of hydrogen-bond acceptors (Lipinski definition) is 7. The van der Waals surface area contributed by atoms with Crippen molar-refractivity contribution in [3.05, 3.63) is 102 Å². The minimum atomic E-state index is -7.15. The Bertz CT molecular complexity index is 2140. The molecule has 1 N–H and O–H groups in total. The van der Waals surface area contributed by atoms with Gasteiger partial charge >= 0.3 is 33.5 Å². The monoisotopic (exact) mass is 762 g/mol. The van der Waals surface area contributed by atoms with Gasteiger partial charge in [0.25, 0.3) is 0 Å². The first-order valence-electron chi connectivity index (χ1n) is 13.3. The molecule has 0 fully saturated rings. The van der Waals surface area contributed by atoms with E-state index in [1.165, 1.54) is 31.4 Å². The lowest BCUT2D eigenvalue weighted by molar-refractivity contribution is -0.459. The minimum Gasteiger partial charge on any atom is -0.494 e. The van der Waals surface area contributed by atoms with E-state index in [1.807, 2.05) is 0 Å². The van der Waals surface area contributed by atoms with Crippen molar-refractivity contribution in [3.63, 3.8) is 0 Å². The molecule has 8 nitrogen and oxygen atoms in total. The summed E-state index contributed by atoms with van der Waals surface area (Å²) in [6, 6.07) is 12.4. The number of sulfone groups is 1. The van der Waals surface area contributed by atoms with Crippen molar-refractivity contribution in [3.8, 4) is 28.4 Å². The second-order valence-electron chi connectivity index (χ2n) is 10.3. The van der Waals surface area contributed by atoms with Crippen molar-refractivity contribution >= 4 is 20.0 Å². The summed E-state index contributed by atoms with van der Waals surface area (Å²) in [5, 5.41) is -6.80. The van der Waals surface area contributed by atoms with E-state index in [-0.39, 0.29) is 28.9 Å².